The topological polar surface area (TPSA) is 111 Å². The molecule has 0 atom stereocenters. The lowest BCUT2D eigenvalue weighted by atomic mass is 10.2. The average Bonchev–Trinajstić information content (AvgIpc) is 3.40. The van der Waals surface area contributed by atoms with Gasteiger partial charge in [0, 0.05) is 18.8 Å². The maximum atomic E-state index is 13.2. The van der Waals surface area contributed by atoms with Crippen LogP contribution in [-0.4, -0.2) is 36.2 Å². The summed E-state index contributed by atoms with van der Waals surface area (Å²) in [5.41, 5.74) is 0.210. The van der Waals surface area contributed by atoms with Crippen LogP contribution in [0.3, 0.4) is 0 Å². The monoisotopic (exact) mass is 397 g/mol. The van der Waals surface area contributed by atoms with Gasteiger partial charge >= 0.3 is 0 Å². The number of hydrogen-bond acceptors (Lipinski definition) is 6. The third kappa shape index (κ3) is 3.80. The summed E-state index contributed by atoms with van der Waals surface area (Å²) in [6.07, 6.45) is 6.53. The Kier molecular flexibility index (Phi) is 4.96. The molecule has 2 N–H and O–H groups in total. The molecular weight excluding hydrogens is 374 g/mol. The highest BCUT2D eigenvalue weighted by molar-refractivity contribution is 5.96. The first-order valence-corrected chi connectivity index (χ1v) is 9.61. The second-order valence-corrected chi connectivity index (χ2v) is 7.64. The summed E-state index contributed by atoms with van der Waals surface area (Å²) in [6, 6.07) is 3.60. The van der Waals surface area contributed by atoms with Crippen molar-refractivity contribution in [3.05, 3.63) is 52.2 Å². The third-order valence-electron chi connectivity index (χ3n) is 4.67. The summed E-state index contributed by atoms with van der Waals surface area (Å²) in [5.74, 6) is -0.314. The molecule has 3 aromatic rings. The molecule has 1 aliphatic carbocycles. The Morgan fingerprint density at radius 2 is 2.17 bits per heavy atom. The lowest BCUT2D eigenvalue weighted by Crippen LogP contribution is -2.36. The van der Waals surface area contributed by atoms with Gasteiger partial charge in [-0.25, -0.2) is 0 Å². The number of carbonyl (C=O) groups excluding carboxylic acids is 1. The highest BCUT2D eigenvalue weighted by Gasteiger charge is 2.30. The maximum absolute atomic E-state index is 13.2. The Balaban J connectivity index is 1.78. The van der Waals surface area contributed by atoms with E-state index in [1.807, 2.05) is 13.8 Å². The van der Waals surface area contributed by atoms with E-state index in [9.17, 15) is 14.7 Å². The van der Waals surface area contributed by atoms with Crippen molar-refractivity contribution in [2.75, 3.05) is 0 Å². The summed E-state index contributed by atoms with van der Waals surface area (Å²) < 4.78 is 8.46. The molecule has 3 heterocycles. The van der Waals surface area contributed by atoms with E-state index in [1.165, 1.54) is 15.3 Å². The SMILES string of the molecule is CC(C)Cn1c(=O)c(C(=O)NC2CC2)c(O)n2ncc(COc3cccnc3)c12. The van der Waals surface area contributed by atoms with E-state index in [0.29, 0.717) is 23.5 Å². The quantitative estimate of drug-likeness (QED) is 0.628. The Bertz CT molecular complexity index is 1100. The fraction of sp³-hybridized carbons (Fsp3) is 0.400. The normalized spacial score (nSPS) is 13.8. The first-order valence-electron chi connectivity index (χ1n) is 9.61. The molecule has 3 aromatic heterocycles. The van der Waals surface area contributed by atoms with Crippen LogP contribution in [0.1, 0.15) is 42.6 Å². The molecule has 1 saturated carbocycles. The number of amides is 1. The van der Waals surface area contributed by atoms with Gasteiger partial charge in [-0.15, -0.1) is 0 Å². The van der Waals surface area contributed by atoms with Crippen LogP contribution in [0.2, 0.25) is 0 Å². The van der Waals surface area contributed by atoms with Crippen LogP contribution in [0.4, 0.5) is 0 Å². The fourth-order valence-electron chi connectivity index (χ4n) is 3.17. The van der Waals surface area contributed by atoms with Gasteiger partial charge < -0.3 is 15.2 Å². The molecule has 4 rings (SSSR count). The molecule has 0 aromatic carbocycles. The molecule has 1 fully saturated rings. The van der Waals surface area contributed by atoms with Gasteiger partial charge in [-0.2, -0.15) is 9.61 Å². The van der Waals surface area contributed by atoms with Gasteiger partial charge in [-0.1, -0.05) is 13.8 Å². The minimum atomic E-state index is -0.571. The van der Waals surface area contributed by atoms with E-state index < -0.39 is 17.3 Å². The fourth-order valence-corrected chi connectivity index (χ4v) is 3.17. The van der Waals surface area contributed by atoms with Crippen LogP contribution in [-0.2, 0) is 13.2 Å². The van der Waals surface area contributed by atoms with Gasteiger partial charge in [0.05, 0.1) is 18.0 Å². The summed E-state index contributed by atoms with van der Waals surface area (Å²) in [4.78, 5) is 29.7. The van der Waals surface area contributed by atoms with E-state index >= 15 is 0 Å². The van der Waals surface area contributed by atoms with Crippen molar-refractivity contribution >= 4 is 11.6 Å². The largest absolute Gasteiger partial charge is 0.492 e. The standard InChI is InChI=1S/C20H23N5O4/c1-12(2)10-24-18-13(11-29-15-4-3-7-21-9-15)8-22-25(18)20(28)16(19(24)27)17(26)23-14-5-6-14/h3-4,7-9,12,14,28H,5-6,10-11H2,1-2H3,(H,23,26). The average molecular weight is 397 g/mol. The molecule has 152 valence electrons. The summed E-state index contributed by atoms with van der Waals surface area (Å²) in [5, 5.41) is 17.6. The number of aromatic hydroxyl groups is 1. The van der Waals surface area contributed by atoms with Crippen LogP contribution in [0.5, 0.6) is 11.6 Å². The van der Waals surface area contributed by atoms with Gasteiger partial charge in [-0.05, 0) is 30.9 Å². The number of rotatable bonds is 7. The van der Waals surface area contributed by atoms with Crippen molar-refractivity contribution < 1.29 is 14.6 Å². The zero-order valence-corrected chi connectivity index (χ0v) is 16.3. The minimum Gasteiger partial charge on any atom is -0.492 e. The summed E-state index contributed by atoms with van der Waals surface area (Å²) in [6.45, 7) is 4.46. The first kappa shape index (κ1) is 19.0. The van der Waals surface area contributed by atoms with Gasteiger partial charge in [0.1, 0.15) is 18.0 Å². The molecular formula is C20H23N5O4. The number of aromatic nitrogens is 4. The van der Waals surface area contributed by atoms with E-state index in [4.69, 9.17) is 4.74 Å². The second kappa shape index (κ2) is 7.57. The van der Waals surface area contributed by atoms with E-state index in [1.54, 1.807) is 24.5 Å². The van der Waals surface area contributed by atoms with Crippen molar-refractivity contribution in [2.45, 2.75) is 45.9 Å². The van der Waals surface area contributed by atoms with E-state index in [0.717, 1.165) is 12.8 Å². The number of nitrogens with one attached hydrogen (secondary N) is 1. The number of carbonyl (C=O) groups is 1. The zero-order chi connectivity index (χ0) is 20.5. The van der Waals surface area contributed by atoms with Crippen molar-refractivity contribution in [2.24, 2.45) is 5.92 Å². The predicted molar refractivity (Wildman–Crippen MR) is 105 cm³/mol. The number of pyridine rings is 1. The Morgan fingerprint density at radius 1 is 1.38 bits per heavy atom. The number of fused-ring (bicyclic) bond motifs is 1. The molecule has 0 unspecified atom stereocenters. The molecule has 9 nitrogen and oxygen atoms in total. The van der Waals surface area contributed by atoms with Crippen molar-refractivity contribution in [3.63, 3.8) is 0 Å². The Morgan fingerprint density at radius 3 is 2.83 bits per heavy atom. The molecule has 9 heteroatoms. The molecule has 0 radical (unpaired) electrons. The van der Waals surface area contributed by atoms with Crippen LogP contribution in [0.15, 0.2) is 35.5 Å². The molecule has 1 amide bonds. The minimum absolute atomic E-state index is 0.0663. The van der Waals surface area contributed by atoms with Crippen LogP contribution in [0, 0.1) is 5.92 Å². The van der Waals surface area contributed by atoms with Gasteiger partial charge in [0.25, 0.3) is 11.5 Å². The molecule has 1 aliphatic rings. The lowest BCUT2D eigenvalue weighted by molar-refractivity contribution is 0.0944. The van der Waals surface area contributed by atoms with Gasteiger partial charge in [0.2, 0.25) is 5.88 Å². The van der Waals surface area contributed by atoms with Gasteiger partial charge in [0.15, 0.2) is 5.56 Å². The smallest absolute Gasteiger partial charge is 0.270 e. The molecule has 0 spiro atoms. The molecule has 0 saturated heterocycles. The van der Waals surface area contributed by atoms with E-state index in [-0.39, 0.29) is 24.1 Å². The Labute approximate surface area is 167 Å². The first-order chi connectivity index (χ1) is 14.0. The zero-order valence-electron chi connectivity index (χ0n) is 16.3. The third-order valence-corrected chi connectivity index (χ3v) is 4.67. The Hall–Kier alpha value is -3.36. The number of hydrogen-bond donors (Lipinski definition) is 2. The van der Waals surface area contributed by atoms with Gasteiger partial charge in [-0.3, -0.25) is 19.1 Å². The van der Waals surface area contributed by atoms with Crippen LogP contribution >= 0.6 is 0 Å². The van der Waals surface area contributed by atoms with Crippen LogP contribution in [0.25, 0.3) is 5.65 Å². The number of ether oxygens (including phenoxy) is 1. The van der Waals surface area contributed by atoms with Crippen molar-refractivity contribution in [1.82, 2.24) is 24.5 Å². The number of nitrogens with zero attached hydrogens (tertiary/aromatic N) is 4. The summed E-state index contributed by atoms with van der Waals surface area (Å²) >= 11 is 0. The maximum Gasteiger partial charge on any atom is 0.270 e. The molecule has 0 aliphatic heterocycles. The predicted octanol–water partition coefficient (Wildman–Crippen LogP) is 1.72. The van der Waals surface area contributed by atoms with Crippen LogP contribution < -0.4 is 15.6 Å². The highest BCUT2D eigenvalue weighted by Crippen LogP contribution is 2.23. The lowest BCUT2D eigenvalue weighted by Gasteiger charge is -2.16. The summed E-state index contributed by atoms with van der Waals surface area (Å²) in [7, 11) is 0. The van der Waals surface area contributed by atoms with Crippen molar-refractivity contribution in [1.29, 1.82) is 0 Å². The molecule has 0 bridgehead atoms. The van der Waals surface area contributed by atoms with Crippen molar-refractivity contribution in [3.8, 4) is 11.6 Å². The van der Waals surface area contributed by atoms with E-state index in [2.05, 4.69) is 15.4 Å². The highest BCUT2D eigenvalue weighted by atomic mass is 16.5. The second-order valence-electron chi connectivity index (χ2n) is 7.64. The molecule has 29 heavy (non-hydrogen) atoms.